The molecule has 24 heavy (non-hydrogen) atoms. The lowest BCUT2D eigenvalue weighted by Crippen LogP contribution is -2.41. The van der Waals surface area contributed by atoms with Gasteiger partial charge in [0, 0.05) is 25.7 Å². The summed E-state index contributed by atoms with van der Waals surface area (Å²) in [5.41, 5.74) is 0.182. The van der Waals surface area contributed by atoms with E-state index in [-0.39, 0.29) is 11.7 Å². The quantitative estimate of drug-likeness (QED) is 0.812. The van der Waals surface area contributed by atoms with Crippen molar-refractivity contribution in [3.8, 4) is 0 Å². The fourth-order valence-electron chi connectivity index (χ4n) is 1.82. The van der Waals surface area contributed by atoms with Crippen molar-refractivity contribution in [1.29, 1.82) is 0 Å². The van der Waals surface area contributed by atoms with Crippen molar-refractivity contribution in [3.63, 3.8) is 0 Å². The number of ether oxygens (including phenoxy) is 1. The molecule has 5 nitrogen and oxygen atoms in total. The molecule has 1 N–H and O–H groups in total. The fraction of sp³-hybridized carbons (Fsp3) is 0.444. The Morgan fingerprint density at radius 2 is 1.88 bits per heavy atom. The van der Waals surface area contributed by atoms with Gasteiger partial charge in [0.15, 0.2) is 0 Å². The molecule has 0 unspecified atom stereocenters. The van der Waals surface area contributed by atoms with Crippen LogP contribution in [0, 0.1) is 5.82 Å². The van der Waals surface area contributed by atoms with Gasteiger partial charge >= 0.3 is 6.09 Å². The molecule has 0 spiro atoms. The average Bonchev–Trinajstić information content (AvgIpc) is 2.49. The van der Waals surface area contributed by atoms with E-state index in [1.807, 2.05) is 6.92 Å². The molecule has 2 amide bonds. The lowest BCUT2D eigenvalue weighted by Gasteiger charge is -2.26. The Kier molecular flexibility index (Phi) is 7.42. The molecule has 0 atom stereocenters. The molecule has 0 aliphatic carbocycles. The number of likely N-dealkylation sites (N-methyl/N-ethyl adjacent to an activating group) is 1. The fourth-order valence-corrected chi connectivity index (χ4v) is 1.82. The summed E-state index contributed by atoms with van der Waals surface area (Å²) in [5, 5.41) is 2.70. The molecule has 0 bridgehead atoms. The van der Waals surface area contributed by atoms with Crippen molar-refractivity contribution in [3.05, 3.63) is 41.7 Å². The van der Waals surface area contributed by atoms with Crippen LogP contribution >= 0.6 is 0 Å². The Hall–Kier alpha value is -2.37. The molecular formula is C18H25FN2O3. The van der Waals surface area contributed by atoms with E-state index in [0.717, 1.165) is 5.56 Å². The highest BCUT2D eigenvalue weighted by Gasteiger charge is 2.20. The van der Waals surface area contributed by atoms with E-state index < -0.39 is 11.7 Å². The Balaban J connectivity index is 2.40. The van der Waals surface area contributed by atoms with Gasteiger partial charge < -0.3 is 15.0 Å². The lowest BCUT2D eigenvalue weighted by molar-refractivity contribution is -0.116. The van der Waals surface area contributed by atoms with E-state index in [4.69, 9.17) is 4.74 Å². The molecule has 6 heteroatoms. The molecule has 1 aromatic rings. The predicted molar refractivity (Wildman–Crippen MR) is 91.9 cm³/mol. The molecule has 0 aliphatic heterocycles. The third-order valence-electron chi connectivity index (χ3n) is 3.01. The largest absolute Gasteiger partial charge is 0.444 e. The summed E-state index contributed by atoms with van der Waals surface area (Å²) in [7, 11) is 0. The number of nitrogens with one attached hydrogen (secondary N) is 1. The maximum atomic E-state index is 12.8. The van der Waals surface area contributed by atoms with Gasteiger partial charge in [0.2, 0.25) is 5.91 Å². The van der Waals surface area contributed by atoms with Gasteiger partial charge in [-0.1, -0.05) is 12.1 Å². The van der Waals surface area contributed by atoms with Crippen LogP contribution in [0.3, 0.4) is 0 Å². The zero-order chi connectivity index (χ0) is 18.2. The smallest absolute Gasteiger partial charge is 0.410 e. The molecule has 0 aliphatic rings. The van der Waals surface area contributed by atoms with Crippen LogP contribution in [0.25, 0.3) is 6.08 Å². The first-order valence-corrected chi connectivity index (χ1v) is 7.90. The SMILES string of the molecule is CCN(CCNC(=O)C=Cc1ccc(F)cc1)C(=O)OC(C)(C)C. The zero-order valence-electron chi connectivity index (χ0n) is 14.6. The number of carbonyl (C=O) groups excluding carboxylic acids is 2. The van der Waals surface area contributed by atoms with Crippen molar-refractivity contribution >= 4 is 18.1 Å². The van der Waals surface area contributed by atoms with Crippen molar-refractivity contribution in [1.82, 2.24) is 10.2 Å². The number of carbonyl (C=O) groups is 2. The van der Waals surface area contributed by atoms with E-state index in [1.165, 1.54) is 23.1 Å². The number of benzene rings is 1. The van der Waals surface area contributed by atoms with Crippen LogP contribution in [0.2, 0.25) is 0 Å². The van der Waals surface area contributed by atoms with Crippen LogP contribution < -0.4 is 5.32 Å². The average molecular weight is 336 g/mol. The van der Waals surface area contributed by atoms with Gasteiger partial charge in [-0.15, -0.1) is 0 Å². The summed E-state index contributed by atoms with van der Waals surface area (Å²) in [4.78, 5) is 25.2. The van der Waals surface area contributed by atoms with Crippen LogP contribution in [-0.2, 0) is 9.53 Å². The van der Waals surface area contributed by atoms with Gasteiger partial charge in [-0.3, -0.25) is 4.79 Å². The van der Waals surface area contributed by atoms with E-state index in [0.29, 0.717) is 19.6 Å². The van der Waals surface area contributed by atoms with Crippen molar-refractivity contribution in [2.75, 3.05) is 19.6 Å². The number of hydrogen-bond acceptors (Lipinski definition) is 3. The minimum Gasteiger partial charge on any atom is -0.444 e. The first kappa shape index (κ1) is 19.7. The Morgan fingerprint density at radius 3 is 2.42 bits per heavy atom. The molecule has 0 saturated heterocycles. The molecule has 0 saturated carbocycles. The summed E-state index contributed by atoms with van der Waals surface area (Å²) in [6.45, 7) is 8.44. The lowest BCUT2D eigenvalue weighted by atomic mass is 10.2. The van der Waals surface area contributed by atoms with Crippen LogP contribution in [-0.4, -0.2) is 42.1 Å². The highest BCUT2D eigenvalue weighted by molar-refractivity contribution is 5.91. The van der Waals surface area contributed by atoms with E-state index in [9.17, 15) is 14.0 Å². The molecule has 0 fully saturated rings. The van der Waals surface area contributed by atoms with Gasteiger partial charge in [0.25, 0.3) is 0 Å². The first-order valence-electron chi connectivity index (χ1n) is 7.90. The highest BCUT2D eigenvalue weighted by atomic mass is 19.1. The summed E-state index contributed by atoms with van der Waals surface area (Å²) < 4.78 is 18.1. The standard InChI is InChI=1S/C18H25FN2O3/c1-5-21(17(23)24-18(2,3)4)13-12-20-16(22)11-8-14-6-9-15(19)10-7-14/h6-11H,5,12-13H2,1-4H3,(H,20,22). The van der Waals surface area contributed by atoms with Gasteiger partial charge in [0.05, 0.1) is 0 Å². The first-order chi connectivity index (χ1) is 11.2. The number of nitrogens with zero attached hydrogens (tertiary/aromatic N) is 1. The van der Waals surface area contributed by atoms with Gasteiger partial charge in [-0.05, 0) is 51.5 Å². The van der Waals surface area contributed by atoms with E-state index in [2.05, 4.69) is 5.32 Å². The second-order valence-corrected chi connectivity index (χ2v) is 6.24. The summed E-state index contributed by atoms with van der Waals surface area (Å²) in [6, 6.07) is 5.83. The topological polar surface area (TPSA) is 58.6 Å². The Morgan fingerprint density at radius 1 is 1.25 bits per heavy atom. The summed E-state index contributed by atoms with van der Waals surface area (Å²) in [6.07, 6.45) is 2.57. The van der Waals surface area contributed by atoms with Gasteiger partial charge in [0.1, 0.15) is 11.4 Å². The van der Waals surface area contributed by atoms with Crippen molar-refractivity contribution in [2.45, 2.75) is 33.3 Å². The molecular weight excluding hydrogens is 311 g/mol. The van der Waals surface area contributed by atoms with E-state index in [1.54, 1.807) is 39.0 Å². The molecule has 0 radical (unpaired) electrons. The van der Waals surface area contributed by atoms with Crippen molar-refractivity contribution in [2.24, 2.45) is 0 Å². The van der Waals surface area contributed by atoms with Crippen molar-refractivity contribution < 1.29 is 18.7 Å². The molecule has 132 valence electrons. The molecule has 0 heterocycles. The van der Waals surface area contributed by atoms with Crippen LogP contribution in [0.1, 0.15) is 33.3 Å². The van der Waals surface area contributed by atoms with Gasteiger partial charge in [-0.25, -0.2) is 9.18 Å². The third-order valence-corrected chi connectivity index (χ3v) is 3.01. The highest BCUT2D eigenvalue weighted by Crippen LogP contribution is 2.09. The maximum Gasteiger partial charge on any atom is 0.410 e. The predicted octanol–water partition coefficient (Wildman–Crippen LogP) is 3.21. The van der Waals surface area contributed by atoms with E-state index >= 15 is 0 Å². The van der Waals surface area contributed by atoms with Crippen LogP contribution in [0.15, 0.2) is 30.3 Å². The monoisotopic (exact) mass is 336 g/mol. The Bertz CT molecular complexity index is 577. The maximum absolute atomic E-state index is 12.8. The third kappa shape index (κ3) is 7.76. The molecule has 1 rings (SSSR count). The minimum atomic E-state index is -0.550. The molecule has 1 aromatic carbocycles. The second kappa shape index (κ2) is 9.05. The Labute approximate surface area is 142 Å². The summed E-state index contributed by atoms with van der Waals surface area (Å²) >= 11 is 0. The van der Waals surface area contributed by atoms with Gasteiger partial charge in [-0.2, -0.15) is 0 Å². The number of halogens is 1. The number of amides is 2. The summed E-state index contributed by atoms with van der Waals surface area (Å²) in [5.74, 6) is -0.599. The minimum absolute atomic E-state index is 0.278. The number of rotatable bonds is 6. The number of hydrogen-bond donors (Lipinski definition) is 1. The van der Waals surface area contributed by atoms with Crippen LogP contribution in [0.5, 0.6) is 0 Å². The second-order valence-electron chi connectivity index (χ2n) is 6.24. The zero-order valence-corrected chi connectivity index (χ0v) is 14.6. The normalized spacial score (nSPS) is 11.4. The molecule has 0 aromatic heterocycles. The van der Waals surface area contributed by atoms with Crippen LogP contribution in [0.4, 0.5) is 9.18 Å².